The highest BCUT2D eigenvalue weighted by Crippen LogP contribution is 2.54. The van der Waals surface area contributed by atoms with Crippen LogP contribution < -0.4 is 5.32 Å². The number of anilines is 1. The largest absolute Gasteiger partial charge is 0.481 e. The lowest BCUT2D eigenvalue weighted by Crippen LogP contribution is -2.43. The van der Waals surface area contributed by atoms with Gasteiger partial charge in [0.2, 0.25) is 10.6 Å². The number of carbonyl (C=O) groups is 1. The molecule has 0 amide bonds. The molecular weight excluding hydrogens is 537 g/mol. The van der Waals surface area contributed by atoms with Gasteiger partial charge in [-0.2, -0.15) is 15.1 Å². The number of rotatable bonds is 11. The minimum absolute atomic E-state index is 0.0673. The van der Waals surface area contributed by atoms with Crippen molar-refractivity contribution in [2.75, 3.05) is 25.6 Å². The molecule has 0 bridgehead atoms. The Labute approximate surface area is 215 Å². The Morgan fingerprint density at radius 1 is 1.30 bits per heavy atom. The van der Waals surface area contributed by atoms with E-state index in [1.54, 1.807) is 0 Å². The Kier molecular flexibility index (Phi) is 8.38. The summed E-state index contributed by atoms with van der Waals surface area (Å²) in [5.74, 6) is -1.06. The molecule has 2 aliphatic rings. The van der Waals surface area contributed by atoms with Crippen LogP contribution in [0.25, 0.3) is 11.0 Å². The van der Waals surface area contributed by atoms with Crippen LogP contribution in [-0.2, 0) is 23.6 Å². The van der Waals surface area contributed by atoms with Gasteiger partial charge in [-0.15, -0.1) is 0 Å². The quantitative estimate of drug-likeness (QED) is 0.161. The van der Waals surface area contributed by atoms with Gasteiger partial charge < -0.3 is 44.6 Å². The lowest BCUT2D eigenvalue weighted by Gasteiger charge is -2.33. The summed E-state index contributed by atoms with van der Waals surface area (Å²) in [7, 11) is -4.05. The molecule has 4 rings (SSSR count). The zero-order valence-corrected chi connectivity index (χ0v) is 21.5. The molecule has 206 valence electrons. The number of aliphatic carboxylic acids is 1. The number of ether oxygens (including phenoxy) is 3. The Bertz CT molecular complexity index is 1170. The van der Waals surface area contributed by atoms with E-state index >= 15 is 0 Å². The van der Waals surface area contributed by atoms with Crippen LogP contribution in [0.15, 0.2) is 6.20 Å². The average molecular weight is 566 g/mol. The van der Waals surface area contributed by atoms with E-state index in [0.717, 1.165) is 32.8 Å². The minimum atomic E-state index is -5.17. The van der Waals surface area contributed by atoms with Crippen LogP contribution in [0.1, 0.15) is 38.3 Å². The van der Waals surface area contributed by atoms with E-state index in [2.05, 4.69) is 20.4 Å². The maximum Gasteiger partial charge on any atom is 0.360 e. The van der Waals surface area contributed by atoms with Crippen molar-refractivity contribution < 1.29 is 48.7 Å². The lowest BCUT2D eigenvalue weighted by atomic mass is 10.1. The third kappa shape index (κ3) is 5.75. The Hall–Kier alpha value is -1.94. The van der Waals surface area contributed by atoms with Gasteiger partial charge >= 0.3 is 13.6 Å². The molecule has 2 aromatic rings. The minimum Gasteiger partial charge on any atom is -0.481 e. The number of fused-ring (bicyclic) bond motifs is 1. The van der Waals surface area contributed by atoms with E-state index in [1.165, 1.54) is 10.9 Å². The molecule has 15 nitrogen and oxygen atoms in total. The van der Waals surface area contributed by atoms with Crippen molar-refractivity contribution in [3.63, 3.8) is 0 Å². The number of hydrogen-bond acceptors (Lipinski definition) is 11. The van der Waals surface area contributed by atoms with Gasteiger partial charge in [0.15, 0.2) is 11.9 Å². The third-order valence-corrected chi connectivity index (χ3v) is 8.19. The summed E-state index contributed by atoms with van der Waals surface area (Å²) in [6.07, 6.45) is -1.11. The van der Waals surface area contributed by atoms with E-state index < -0.39 is 63.1 Å². The number of nitrogens with one attached hydrogen (secondary N) is 1. The fourth-order valence-electron chi connectivity index (χ4n) is 4.64. The summed E-state index contributed by atoms with van der Waals surface area (Å²) < 4.78 is 29.3. The molecule has 0 aromatic carbocycles. The van der Waals surface area contributed by atoms with Crippen molar-refractivity contribution in [3.05, 3.63) is 11.5 Å². The van der Waals surface area contributed by atoms with E-state index in [9.17, 15) is 34.5 Å². The van der Waals surface area contributed by atoms with Crippen molar-refractivity contribution in [3.8, 4) is 0 Å². The first kappa shape index (κ1) is 28.1. The maximum absolute atomic E-state index is 12.1. The molecule has 2 fully saturated rings. The highest BCUT2D eigenvalue weighted by atomic mass is 35.5. The Morgan fingerprint density at radius 3 is 2.62 bits per heavy atom. The molecule has 17 heteroatoms. The predicted octanol–water partition coefficient (Wildman–Crippen LogP) is 0.465. The van der Waals surface area contributed by atoms with Gasteiger partial charge in [-0.25, -0.2) is 4.68 Å². The van der Waals surface area contributed by atoms with Gasteiger partial charge in [-0.3, -0.25) is 9.36 Å². The molecule has 1 aliphatic heterocycles. The lowest BCUT2D eigenvalue weighted by molar-refractivity contribution is -0.149. The van der Waals surface area contributed by atoms with Crippen LogP contribution >= 0.6 is 19.2 Å². The van der Waals surface area contributed by atoms with Gasteiger partial charge in [0.05, 0.1) is 31.2 Å². The molecule has 37 heavy (non-hydrogen) atoms. The van der Waals surface area contributed by atoms with Gasteiger partial charge in [0.25, 0.3) is 0 Å². The van der Waals surface area contributed by atoms with Crippen molar-refractivity contribution in [2.24, 2.45) is 0 Å². The van der Waals surface area contributed by atoms with Crippen LogP contribution in [0.2, 0.25) is 5.28 Å². The molecule has 1 saturated carbocycles. The summed E-state index contributed by atoms with van der Waals surface area (Å²) in [6, 6.07) is 0.224. The highest BCUT2D eigenvalue weighted by molar-refractivity contribution is 7.53. The van der Waals surface area contributed by atoms with Crippen molar-refractivity contribution in [2.45, 2.75) is 68.0 Å². The molecular formula is C20H29ClN5O10P. The monoisotopic (exact) mass is 565 g/mol. The number of carboxylic acid groups (broad SMARTS) is 1. The third-order valence-electron chi connectivity index (χ3n) is 6.55. The molecule has 3 heterocycles. The number of aromatic nitrogens is 4. The number of halogens is 1. The predicted molar refractivity (Wildman–Crippen MR) is 127 cm³/mol. The van der Waals surface area contributed by atoms with Gasteiger partial charge in [0, 0.05) is 13.2 Å². The van der Waals surface area contributed by atoms with Gasteiger partial charge in [0.1, 0.15) is 24.1 Å². The Morgan fingerprint density at radius 2 is 2.00 bits per heavy atom. The highest BCUT2D eigenvalue weighted by Gasteiger charge is 2.53. The summed E-state index contributed by atoms with van der Waals surface area (Å²) in [4.78, 5) is 39.4. The van der Waals surface area contributed by atoms with E-state index in [0.29, 0.717) is 11.2 Å². The molecule has 0 radical (unpaired) electrons. The van der Waals surface area contributed by atoms with Crippen LogP contribution in [-0.4, -0.2) is 101 Å². The maximum atomic E-state index is 12.1. The average Bonchev–Trinajstić information content (AvgIpc) is 3.52. The second kappa shape index (κ2) is 11.0. The molecule has 5 atom stereocenters. The van der Waals surface area contributed by atoms with Crippen LogP contribution in [0.3, 0.4) is 0 Å². The van der Waals surface area contributed by atoms with Crippen molar-refractivity contribution in [1.29, 1.82) is 0 Å². The summed E-state index contributed by atoms with van der Waals surface area (Å²) in [6.45, 7) is -1.41. The van der Waals surface area contributed by atoms with Gasteiger partial charge in [-0.05, 0) is 24.4 Å². The second-order valence-corrected chi connectivity index (χ2v) is 11.4. The zero-order valence-electron chi connectivity index (χ0n) is 19.8. The standard InChI is InChI=1S/C20H29ClN5O10P/c1-34-9-20(6-13(27)28,37(31,32)33)35-8-12-14(29)15(30)18(36-12)26-17-11(7-22-26)16(24-19(21)25-17)23-10-4-2-3-5-10/h7,10,12,14-15,18,29-30H,2-6,8-9H2,1H3,(H,27,28)(H,23,24,25)(H2,31,32,33)/t12-,14-,15-,18-,20+/m0/s1. The van der Waals surface area contributed by atoms with Crippen LogP contribution in [0, 0.1) is 0 Å². The molecule has 0 spiro atoms. The first-order valence-electron chi connectivity index (χ1n) is 11.5. The fourth-order valence-corrected chi connectivity index (χ4v) is 5.69. The summed E-state index contributed by atoms with van der Waals surface area (Å²) in [5, 5.41) is 36.0. The molecule has 0 unspecified atom stereocenters. The first-order valence-corrected chi connectivity index (χ1v) is 13.5. The number of hydrogen-bond donors (Lipinski definition) is 6. The molecule has 6 N–H and O–H groups in total. The second-order valence-electron chi connectivity index (χ2n) is 9.14. The van der Waals surface area contributed by atoms with Crippen LogP contribution in [0.5, 0.6) is 0 Å². The number of aliphatic hydroxyl groups excluding tert-OH is 2. The normalized spacial score (nSPS) is 26.5. The SMILES string of the molecule is COC[C@](CC(=O)O)(OC[C@@H]1O[C@H](n2ncc3c(NC4CCCC4)nc(Cl)nc32)[C@@H](O)[C@H]1O)P(=O)(O)O. The molecule has 1 saturated heterocycles. The van der Waals surface area contributed by atoms with E-state index in [-0.39, 0.29) is 17.0 Å². The Balaban J connectivity index is 1.56. The van der Waals surface area contributed by atoms with Gasteiger partial charge in [-0.1, -0.05) is 12.8 Å². The number of nitrogens with zero attached hydrogens (tertiary/aromatic N) is 4. The summed E-state index contributed by atoms with van der Waals surface area (Å²) in [5.41, 5.74) is 0.230. The molecule has 1 aliphatic carbocycles. The number of methoxy groups -OCH3 is 1. The van der Waals surface area contributed by atoms with Crippen molar-refractivity contribution >= 4 is 42.0 Å². The number of aliphatic hydroxyl groups is 2. The topological polar surface area (TPSA) is 219 Å². The zero-order chi connectivity index (χ0) is 27.0. The van der Waals surface area contributed by atoms with E-state index in [1.807, 2.05) is 0 Å². The number of carboxylic acids is 1. The molecule has 2 aromatic heterocycles. The van der Waals surface area contributed by atoms with Crippen molar-refractivity contribution in [1.82, 2.24) is 19.7 Å². The first-order chi connectivity index (χ1) is 17.5. The fraction of sp³-hybridized carbons (Fsp3) is 0.700. The smallest absolute Gasteiger partial charge is 0.360 e. The summed E-state index contributed by atoms with van der Waals surface area (Å²) >= 11 is 6.14. The van der Waals surface area contributed by atoms with Crippen LogP contribution in [0.4, 0.5) is 5.82 Å². The van der Waals surface area contributed by atoms with E-state index in [4.69, 9.17) is 25.8 Å².